The zero-order chi connectivity index (χ0) is 20.8. The summed E-state index contributed by atoms with van der Waals surface area (Å²) in [6.07, 6.45) is 1.18. The van der Waals surface area contributed by atoms with Crippen molar-refractivity contribution in [3.8, 4) is 0 Å². The second-order valence-electron chi connectivity index (χ2n) is 6.72. The summed E-state index contributed by atoms with van der Waals surface area (Å²) in [5, 5.41) is 6.35. The maximum atomic E-state index is 13.2. The van der Waals surface area contributed by atoms with E-state index < -0.39 is 30.2 Å². The molecule has 3 aromatic heterocycles. The van der Waals surface area contributed by atoms with Crippen LogP contribution in [0.2, 0.25) is 0 Å². The molecule has 3 heterocycles. The molecule has 11 heteroatoms. The van der Waals surface area contributed by atoms with Crippen LogP contribution >= 0.6 is 11.3 Å². The van der Waals surface area contributed by atoms with Gasteiger partial charge in [0.1, 0.15) is 11.5 Å². The highest BCUT2D eigenvalue weighted by Crippen LogP contribution is 2.38. The summed E-state index contributed by atoms with van der Waals surface area (Å²) in [5.74, 6) is -1.23. The fraction of sp³-hybridized carbons (Fsp3) is 0.333. The molecule has 0 unspecified atom stereocenters. The number of nitrogens with zero attached hydrogens (tertiary/aromatic N) is 3. The van der Waals surface area contributed by atoms with E-state index in [2.05, 4.69) is 15.4 Å². The van der Waals surface area contributed by atoms with Crippen LogP contribution in [0.15, 0.2) is 18.5 Å². The number of pyridine rings is 1. The van der Waals surface area contributed by atoms with Crippen LogP contribution in [0.5, 0.6) is 0 Å². The number of carbonyl (C=O) groups is 2. The molecule has 7 nitrogen and oxygen atoms in total. The number of alkyl halides is 3. The van der Waals surface area contributed by atoms with E-state index in [0.717, 1.165) is 40.6 Å². The molecular weight excluding hydrogens is 407 g/mol. The normalized spacial score (nSPS) is 14.0. The van der Waals surface area contributed by atoms with Crippen LogP contribution in [0.4, 0.5) is 18.2 Å². The van der Waals surface area contributed by atoms with Crippen molar-refractivity contribution in [2.75, 3.05) is 5.32 Å². The lowest BCUT2D eigenvalue weighted by molar-refractivity contribution is -0.140. The molecule has 29 heavy (non-hydrogen) atoms. The van der Waals surface area contributed by atoms with Crippen LogP contribution in [0.3, 0.4) is 0 Å². The van der Waals surface area contributed by atoms with E-state index in [1.165, 1.54) is 23.6 Å². The number of aromatic nitrogens is 3. The quantitative estimate of drug-likeness (QED) is 0.673. The molecule has 4 rings (SSSR count). The van der Waals surface area contributed by atoms with Crippen molar-refractivity contribution in [3.63, 3.8) is 0 Å². The Morgan fingerprint density at radius 2 is 2.03 bits per heavy atom. The number of halogens is 3. The maximum absolute atomic E-state index is 13.2. The van der Waals surface area contributed by atoms with Crippen molar-refractivity contribution in [1.29, 1.82) is 0 Å². The molecule has 2 amide bonds. The largest absolute Gasteiger partial charge is 0.435 e. The van der Waals surface area contributed by atoms with Crippen LogP contribution in [-0.2, 0) is 30.4 Å². The number of fused-ring (bicyclic) bond motifs is 2. The van der Waals surface area contributed by atoms with Crippen molar-refractivity contribution in [1.82, 2.24) is 14.8 Å². The highest BCUT2D eigenvalue weighted by Gasteiger charge is 2.37. The number of rotatable bonds is 4. The number of aryl methyl sites for hydroxylation is 1. The zero-order valence-corrected chi connectivity index (χ0v) is 15.9. The minimum atomic E-state index is -4.67. The van der Waals surface area contributed by atoms with Crippen LogP contribution in [-0.4, -0.2) is 26.6 Å². The Bertz CT molecular complexity index is 1120. The number of anilines is 1. The summed E-state index contributed by atoms with van der Waals surface area (Å²) in [4.78, 5) is 29.2. The van der Waals surface area contributed by atoms with Crippen LogP contribution < -0.4 is 11.1 Å². The number of nitrogens with one attached hydrogen (secondary N) is 1. The summed E-state index contributed by atoms with van der Waals surface area (Å²) in [6.45, 7) is -0.447. The number of hydrogen-bond acceptors (Lipinski definition) is 5. The van der Waals surface area contributed by atoms with Crippen LogP contribution in [0.25, 0.3) is 10.9 Å². The average molecular weight is 423 g/mol. The monoisotopic (exact) mass is 423 g/mol. The predicted molar refractivity (Wildman–Crippen MR) is 101 cm³/mol. The molecule has 0 radical (unpaired) electrons. The molecule has 3 aromatic rings. The van der Waals surface area contributed by atoms with Gasteiger partial charge in [-0.3, -0.25) is 19.3 Å². The first-order chi connectivity index (χ1) is 13.8. The first-order valence-corrected chi connectivity index (χ1v) is 9.69. The Balaban J connectivity index is 1.64. The molecule has 0 aliphatic heterocycles. The molecule has 0 fully saturated rings. The molecule has 0 bridgehead atoms. The predicted octanol–water partition coefficient (Wildman–Crippen LogP) is 3.13. The molecule has 3 N–H and O–H groups in total. The Morgan fingerprint density at radius 1 is 1.28 bits per heavy atom. The minimum Gasteiger partial charge on any atom is -0.365 e. The third-order valence-electron chi connectivity index (χ3n) is 4.78. The van der Waals surface area contributed by atoms with Gasteiger partial charge < -0.3 is 11.1 Å². The third kappa shape index (κ3) is 3.57. The third-order valence-corrected chi connectivity index (χ3v) is 5.99. The lowest BCUT2D eigenvalue weighted by atomic mass is 9.95. The van der Waals surface area contributed by atoms with Gasteiger partial charge in [-0.25, -0.2) is 0 Å². The Morgan fingerprint density at radius 3 is 2.76 bits per heavy atom. The number of carbonyl (C=O) groups excluding carboxylic acids is 2. The van der Waals surface area contributed by atoms with E-state index in [1.807, 2.05) is 0 Å². The lowest BCUT2D eigenvalue weighted by Crippen LogP contribution is -2.22. The zero-order valence-electron chi connectivity index (χ0n) is 15.0. The second-order valence-corrected chi connectivity index (χ2v) is 7.83. The fourth-order valence-electron chi connectivity index (χ4n) is 3.57. The minimum absolute atomic E-state index is 0.142. The van der Waals surface area contributed by atoms with Crippen molar-refractivity contribution < 1.29 is 22.8 Å². The van der Waals surface area contributed by atoms with Gasteiger partial charge in [-0.1, -0.05) is 0 Å². The summed E-state index contributed by atoms with van der Waals surface area (Å²) in [6, 6.07) is 1.36. The smallest absolute Gasteiger partial charge is 0.365 e. The average Bonchev–Trinajstić information content (AvgIpc) is 3.20. The lowest BCUT2D eigenvalue weighted by Gasteiger charge is -2.11. The van der Waals surface area contributed by atoms with E-state index in [1.54, 1.807) is 0 Å². The van der Waals surface area contributed by atoms with E-state index >= 15 is 0 Å². The van der Waals surface area contributed by atoms with Gasteiger partial charge in [-0.05, 0) is 37.3 Å². The number of primary amides is 1. The summed E-state index contributed by atoms with van der Waals surface area (Å²) in [7, 11) is 0. The molecule has 0 spiro atoms. The second kappa shape index (κ2) is 7.14. The fourth-order valence-corrected chi connectivity index (χ4v) is 4.88. The van der Waals surface area contributed by atoms with Gasteiger partial charge in [0.25, 0.3) is 5.91 Å². The van der Waals surface area contributed by atoms with Crippen molar-refractivity contribution in [3.05, 3.63) is 40.2 Å². The molecule has 0 atom stereocenters. The standard InChI is InChI=1S/C18H16F3N5O2S/c19-18(20,21)15-10-7-23-6-5-11(10)26(25-15)8-13(27)24-17-14(16(22)28)9-3-1-2-4-12(9)29-17/h5-7H,1-4,8H2,(H2,22,28)(H,24,27). The highest BCUT2D eigenvalue weighted by molar-refractivity contribution is 7.17. The van der Waals surface area contributed by atoms with Crippen LogP contribution in [0.1, 0.15) is 39.3 Å². The number of hydrogen-bond donors (Lipinski definition) is 2. The van der Waals surface area contributed by atoms with Gasteiger partial charge in [0.15, 0.2) is 5.69 Å². The summed E-state index contributed by atoms with van der Waals surface area (Å²) < 4.78 is 40.7. The topological polar surface area (TPSA) is 103 Å². The first-order valence-electron chi connectivity index (χ1n) is 8.87. The molecular formula is C18H16F3N5O2S. The first kappa shape index (κ1) is 19.4. The Labute approximate surface area is 166 Å². The van der Waals surface area contributed by atoms with Crippen molar-refractivity contribution >= 4 is 39.1 Å². The van der Waals surface area contributed by atoms with Crippen LogP contribution in [0, 0.1) is 0 Å². The molecule has 0 aromatic carbocycles. The van der Waals surface area contributed by atoms with Gasteiger partial charge in [-0.2, -0.15) is 18.3 Å². The van der Waals surface area contributed by atoms with Gasteiger partial charge in [0.05, 0.1) is 16.5 Å². The summed E-state index contributed by atoms with van der Waals surface area (Å²) >= 11 is 1.29. The SMILES string of the molecule is NC(=O)c1c(NC(=O)Cn2nc(C(F)(F)F)c3cnccc32)sc2c1CCCC2. The maximum Gasteiger partial charge on any atom is 0.435 e. The van der Waals surface area contributed by atoms with E-state index in [-0.39, 0.29) is 10.9 Å². The molecule has 0 saturated carbocycles. The molecule has 0 saturated heterocycles. The Kier molecular flexibility index (Phi) is 4.77. The highest BCUT2D eigenvalue weighted by atomic mass is 32.1. The Hall–Kier alpha value is -2.95. The van der Waals surface area contributed by atoms with Gasteiger partial charge >= 0.3 is 6.18 Å². The van der Waals surface area contributed by atoms with Gasteiger partial charge in [-0.15, -0.1) is 11.3 Å². The van der Waals surface area contributed by atoms with Crippen molar-refractivity contribution in [2.45, 2.75) is 38.4 Å². The summed E-state index contributed by atoms with van der Waals surface area (Å²) in [5.41, 5.74) is 5.70. The van der Waals surface area contributed by atoms with E-state index in [9.17, 15) is 22.8 Å². The van der Waals surface area contributed by atoms with E-state index in [0.29, 0.717) is 17.0 Å². The van der Waals surface area contributed by atoms with Crippen molar-refractivity contribution in [2.24, 2.45) is 5.73 Å². The molecule has 1 aliphatic rings. The van der Waals surface area contributed by atoms with Gasteiger partial charge in [0.2, 0.25) is 5.91 Å². The number of nitrogens with two attached hydrogens (primary N) is 1. The molecule has 1 aliphatic carbocycles. The van der Waals surface area contributed by atoms with E-state index in [4.69, 9.17) is 5.73 Å². The number of thiophene rings is 1. The molecule has 152 valence electrons. The van der Waals surface area contributed by atoms with Gasteiger partial charge in [0, 0.05) is 17.3 Å². The number of amides is 2.